The van der Waals surface area contributed by atoms with Gasteiger partial charge >= 0.3 is 0 Å². The lowest BCUT2D eigenvalue weighted by molar-refractivity contribution is 0.389. The van der Waals surface area contributed by atoms with Crippen molar-refractivity contribution in [3.63, 3.8) is 0 Å². The highest BCUT2D eigenvalue weighted by atomic mass is 32.1. The number of rotatable bonds is 4. The third-order valence-electron chi connectivity index (χ3n) is 2.76. The summed E-state index contributed by atoms with van der Waals surface area (Å²) >= 11 is 5.10. The molecule has 100 valence electrons. The van der Waals surface area contributed by atoms with Crippen LogP contribution in [-0.2, 0) is 0 Å². The summed E-state index contributed by atoms with van der Waals surface area (Å²) in [6.45, 7) is 11.5. The van der Waals surface area contributed by atoms with Crippen molar-refractivity contribution in [2.75, 3.05) is 11.9 Å². The first-order valence-electron chi connectivity index (χ1n) is 6.22. The fourth-order valence-corrected chi connectivity index (χ4v) is 2.09. The van der Waals surface area contributed by atoms with E-state index in [-0.39, 0.29) is 0 Å². The van der Waals surface area contributed by atoms with Crippen molar-refractivity contribution in [1.29, 1.82) is 0 Å². The number of nitrogens with two attached hydrogens (primary N) is 1. The Labute approximate surface area is 115 Å². The van der Waals surface area contributed by atoms with Gasteiger partial charge in [0.15, 0.2) is 0 Å². The summed E-state index contributed by atoms with van der Waals surface area (Å²) in [5, 5.41) is 3.35. The fraction of sp³-hybridized carbons (Fsp3) is 0.571. The molecule has 0 aliphatic carbocycles. The third kappa shape index (κ3) is 4.26. The molecular weight excluding hydrogens is 242 g/mol. The summed E-state index contributed by atoms with van der Waals surface area (Å²) < 4.78 is 0. The molecule has 0 amide bonds. The van der Waals surface area contributed by atoms with E-state index in [0.29, 0.717) is 10.4 Å². The van der Waals surface area contributed by atoms with Gasteiger partial charge in [-0.2, -0.15) is 0 Å². The average molecular weight is 265 g/mol. The monoisotopic (exact) mass is 265 g/mol. The third-order valence-corrected chi connectivity index (χ3v) is 2.96. The number of nitrogens with zero attached hydrogens (tertiary/aromatic N) is 1. The topological polar surface area (TPSA) is 50.9 Å². The van der Waals surface area contributed by atoms with Gasteiger partial charge in [0, 0.05) is 12.2 Å². The second-order valence-corrected chi connectivity index (χ2v) is 6.35. The molecule has 0 aliphatic heterocycles. The number of hydrogen-bond acceptors (Lipinski definition) is 3. The van der Waals surface area contributed by atoms with Crippen LogP contribution in [0.15, 0.2) is 6.07 Å². The Bertz CT molecular complexity index is 447. The van der Waals surface area contributed by atoms with Crippen LogP contribution in [-0.4, -0.2) is 16.5 Å². The molecule has 0 atom stereocenters. The first-order chi connectivity index (χ1) is 8.20. The van der Waals surface area contributed by atoms with Crippen molar-refractivity contribution in [3.05, 3.63) is 22.9 Å². The Morgan fingerprint density at radius 2 is 2.00 bits per heavy atom. The van der Waals surface area contributed by atoms with Gasteiger partial charge in [-0.25, -0.2) is 4.98 Å². The van der Waals surface area contributed by atoms with Crippen LogP contribution < -0.4 is 11.1 Å². The number of aryl methyl sites for hydroxylation is 2. The van der Waals surface area contributed by atoms with Crippen LogP contribution >= 0.6 is 12.2 Å². The number of nitrogens with one attached hydrogen (secondary N) is 1. The van der Waals surface area contributed by atoms with E-state index in [0.717, 1.165) is 35.6 Å². The largest absolute Gasteiger partial charge is 0.389 e. The highest BCUT2D eigenvalue weighted by Crippen LogP contribution is 2.21. The molecule has 1 aromatic rings. The molecule has 0 aromatic carbocycles. The molecule has 1 heterocycles. The molecule has 1 aromatic heterocycles. The minimum absolute atomic E-state index is 0.301. The Hall–Kier alpha value is -1.16. The zero-order chi connectivity index (χ0) is 13.9. The van der Waals surface area contributed by atoms with Gasteiger partial charge in [-0.15, -0.1) is 0 Å². The summed E-state index contributed by atoms with van der Waals surface area (Å²) in [4.78, 5) is 4.90. The van der Waals surface area contributed by atoms with E-state index >= 15 is 0 Å². The molecule has 3 nitrogen and oxygen atoms in total. The minimum Gasteiger partial charge on any atom is -0.389 e. The summed E-state index contributed by atoms with van der Waals surface area (Å²) in [7, 11) is 0. The average Bonchev–Trinajstić information content (AvgIpc) is 2.13. The molecule has 0 fully saturated rings. The lowest BCUT2D eigenvalue weighted by atomic mass is 9.92. The maximum absolute atomic E-state index is 5.77. The Balaban J connectivity index is 2.90. The second kappa shape index (κ2) is 5.65. The standard InChI is InChI=1S/C14H23N3S/c1-9-8-10(2)17-13(11(9)12(15)18)16-7-6-14(3,4)5/h8H,6-7H2,1-5H3,(H2,15,18)(H,16,17). The maximum Gasteiger partial charge on any atom is 0.136 e. The number of thiocarbonyl (C=S) groups is 1. The minimum atomic E-state index is 0.301. The Kier molecular flexibility index (Phi) is 4.68. The van der Waals surface area contributed by atoms with E-state index in [9.17, 15) is 0 Å². The zero-order valence-corrected chi connectivity index (χ0v) is 12.7. The van der Waals surface area contributed by atoms with Crippen molar-refractivity contribution < 1.29 is 0 Å². The highest BCUT2D eigenvalue weighted by Gasteiger charge is 2.13. The predicted molar refractivity (Wildman–Crippen MR) is 82.2 cm³/mol. The van der Waals surface area contributed by atoms with E-state index in [1.54, 1.807) is 0 Å². The quantitative estimate of drug-likeness (QED) is 0.821. The van der Waals surface area contributed by atoms with Gasteiger partial charge in [-0.05, 0) is 37.3 Å². The molecule has 1 rings (SSSR count). The van der Waals surface area contributed by atoms with E-state index in [1.165, 1.54) is 0 Å². The molecule has 0 spiro atoms. The molecule has 0 radical (unpaired) electrons. The molecule has 0 unspecified atom stereocenters. The smallest absolute Gasteiger partial charge is 0.136 e. The summed E-state index contributed by atoms with van der Waals surface area (Å²) in [5.74, 6) is 0.809. The Morgan fingerprint density at radius 3 is 2.50 bits per heavy atom. The van der Waals surface area contributed by atoms with E-state index in [4.69, 9.17) is 18.0 Å². The SMILES string of the molecule is Cc1cc(C)c(C(N)=S)c(NCCC(C)(C)C)n1. The lowest BCUT2D eigenvalue weighted by Gasteiger charge is -2.19. The van der Waals surface area contributed by atoms with Gasteiger partial charge in [0.2, 0.25) is 0 Å². The van der Waals surface area contributed by atoms with Crippen molar-refractivity contribution in [2.24, 2.45) is 11.1 Å². The van der Waals surface area contributed by atoms with Crippen molar-refractivity contribution in [1.82, 2.24) is 4.98 Å². The van der Waals surface area contributed by atoms with E-state index in [2.05, 4.69) is 31.1 Å². The van der Waals surface area contributed by atoms with Crippen LogP contribution in [0.4, 0.5) is 5.82 Å². The first-order valence-corrected chi connectivity index (χ1v) is 6.63. The zero-order valence-electron chi connectivity index (χ0n) is 11.9. The molecule has 0 saturated heterocycles. The fourth-order valence-electron chi connectivity index (χ4n) is 1.83. The van der Waals surface area contributed by atoms with Crippen molar-refractivity contribution in [3.8, 4) is 0 Å². The van der Waals surface area contributed by atoms with Crippen LogP contribution in [0, 0.1) is 19.3 Å². The van der Waals surface area contributed by atoms with Gasteiger partial charge in [0.25, 0.3) is 0 Å². The molecule has 0 saturated carbocycles. The molecular formula is C14H23N3S. The van der Waals surface area contributed by atoms with E-state index < -0.39 is 0 Å². The van der Waals surface area contributed by atoms with Gasteiger partial charge in [-0.3, -0.25) is 0 Å². The number of anilines is 1. The van der Waals surface area contributed by atoms with Crippen LogP contribution in [0.2, 0.25) is 0 Å². The van der Waals surface area contributed by atoms with Gasteiger partial charge in [-0.1, -0.05) is 33.0 Å². The van der Waals surface area contributed by atoms with Gasteiger partial charge < -0.3 is 11.1 Å². The van der Waals surface area contributed by atoms with Gasteiger partial charge in [0.05, 0.1) is 5.56 Å². The first kappa shape index (κ1) is 14.9. The van der Waals surface area contributed by atoms with Crippen molar-refractivity contribution in [2.45, 2.75) is 41.0 Å². The van der Waals surface area contributed by atoms with Crippen molar-refractivity contribution >= 4 is 23.0 Å². The number of hydrogen-bond donors (Lipinski definition) is 2. The number of pyridine rings is 1. The lowest BCUT2D eigenvalue weighted by Crippen LogP contribution is -2.19. The summed E-state index contributed by atoms with van der Waals surface area (Å²) in [6.07, 6.45) is 1.07. The predicted octanol–water partition coefficient (Wildman–Crippen LogP) is 3.18. The second-order valence-electron chi connectivity index (χ2n) is 5.91. The Morgan fingerprint density at radius 1 is 1.39 bits per heavy atom. The summed E-state index contributed by atoms with van der Waals surface area (Å²) in [6, 6.07) is 2.00. The molecule has 4 heteroatoms. The normalized spacial score (nSPS) is 11.4. The molecule has 3 N–H and O–H groups in total. The van der Waals surface area contributed by atoms with E-state index in [1.807, 2.05) is 19.9 Å². The molecule has 0 bridgehead atoms. The van der Waals surface area contributed by atoms with Crippen LogP contribution in [0.1, 0.15) is 44.0 Å². The highest BCUT2D eigenvalue weighted by molar-refractivity contribution is 7.80. The number of aromatic nitrogens is 1. The van der Waals surface area contributed by atoms with Gasteiger partial charge in [0.1, 0.15) is 10.8 Å². The van der Waals surface area contributed by atoms with Crippen LogP contribution in [0.3, 0.4) is 0 Å². The maximum atomic E-state index is 5.77. The van der Waals surface area contributed by atoms with Crippen LogP contribution in [0.5, 0.6) is 0 Å². The molecule has 0 aliphatic rings. The summed E-state index contributed by atoms with van der Waals surface area (Å²) in [5.41, 5.74) is 9.00. The molecule has 18 heavy (non-hydrogen) atoms. The van der Waals surface area contributed by atoms with Crippen LogP contribution in [0.25, 0.3) is 0 Å².